The Hall–Kier alpha value is -1.95. The fourth-order valence-electron chi connectivity index (χ4n) is 2.45. The normalized spacial score (nSPS) is 18.6. The third-order valence-corrected chi connectivity index (χ3v) is 3.49. The largest absolute Gasteiger partial charge is 0.394 e. The Morgan fingerprint density at radius 1 is 1.58 bits per heavy atom. The minimum absolute atomic E-state index is 0.0108. The highest BCUT2D eigenvalue weighted by atomic mass is 16.6. The number of carbonyl (C=O) groups is 1. The van der Waals surface area contributed by atoms with Crippen LogP contribution in [0.1, 0.15) is 28.8 Å². The molecule has 102 valence electrons. The van der Waals surface area contributed by atoms with Crippen LogP contribution in [0, 0.1) is 17.0 Å². The number of aryl methyl sites for hydroxylation is 1. The van der Waals surface area contributed by atoms with Gasteiger partial charge in [0.05, 0.1) is 17.6 Å². The maximum Gasteiger partial charge on any atom is 0.272 e. The van der Waals surface area contributed by atoms with Crippen LogP contribution in [0.15, 0.2) is 18.2 Å². The van der Waals surface area contributed by atoms with E-state index in [0.29, 0.717) is 17.7 Å². The molecule has 1 aromatic carbocycles. The van der Waals surface area contributed by atoms with Crippen molar-refractivity contribution in [2.24, 2.45) is 0 Å². The Balaban J connectivity index is 2.25. The summed E-state index contributed by atoms with van der Waals surface area (Å²) in [6.07, 6.45) is 1.68. The lowest BCUT2D eigenvalue weighted by Gasteiger charge is -2.23. The van der Waals surface area contributed by atoms with E-state index >= 15 is 0 Å². The molecular weight excluding hydrogens is 248 g/mol. The van der Waals surface area contributed by atoms with Gasteiger partial charge in [0.15, 0.2) is 0 Å². The van der Waals surface area contributed by atoms with Crippen molar-refractivity contribution >= 4 is 11.6 Å². The van der Waals surface area contributed by atoms with Crippen LogP contribution in [-0.4, -0.2) is 40.0 Å². The lowest BCUT2D eigenvalue weighted by Crippen LogP contribution is -2.37. The average Bonchev–Trinajstić information content (AvgIpc) is 2.85. The van der Waals surface area contributed by atoms with Gasteiger partial charge in [-0.2, -0.15) is 0 Å². The molecule has 1 N–H and O–H groups in total. The molecule has 0 aliphatic carbocycles. The van der Waals surface area contributed by atoms with Crippen LogP contribution in [0.5, 0.6) is 0 Å². The number of amides is 1. The van der Waals surface area contributed by atoms with Gasteiger partial charge >= 0.3 is 0 Å². The fraction of sp³-hybridized carbons (Fsp3) is 0.462. The van der Waals surface area contributed by atoms with Crippen LogP contribution in [0.4, 0.5) is 5.69 Å². The number of hydrogen-bond acceptors (Lipinski definition) is 4. The molecule has 1 atom stereocenters. The molecular formula is C13H16N2O4. The second-order valence-corrected chi connectivity index (χ2v) is 4.74. The van der Waals surface area contributed by atoms with E-state index in [0.717, 1.165) is 12.8 Å². The molecule has 1 aromatic rings. The van der Waals surface area contributed by atoms with Crippen LogP contribution in [0.3, 0.4) is 0 Å². The standard InChI is InChI=1S/C13H16N2O4/c1-9-7-10(4-5-12(9)15(18)19)13(17)14-6-2-3-11(14)8-16/h4-5,7,11,16H,2-3,6,8H2,1H3/t11-/m1/s1. The summed E-state index contributed by atoms with van der Waals surface area (Å²) in [5.74, 6) is -0.172. The summed E-state index contributed by atoms with van der Waals surface area (Å²) in [6, 6.07) is 4.23. The highest BCUT2D eigenvalue weighted by Crippen LogP contribution is 2.23. The first kappa shape index (κ1) is 13.5. The second kappa shape index (κ2) is 5.36. The van der Waals surface area contributed by atoms with Crippen molar-refractivity contribution in [1.29, 1.82) is 0 Å². The molecule has 0 aromatic heterocycles. The Morgan fingerprint density at radius 2 is 2.32 bits per heavy atom. The van der Waals surface area contributed by atoms with E-state index in [4.69, 9.17) is 0 Å². The lowest BCUT2D eigenvalue weighted by atomic mass is 10.1. The SMILES string of the molecule is Cc1cc(C(=O)N2CCC[C@@H]2CO)ccc1[N+](=O)[O-]. The number of carbonyl (C=O) groups excluding carboxylic acids is 1. The number of nitro benzene ring substituents is 1. The zero-order chi connectivity index (χ0) is 14.0. The molecule has 0 spiro atoms. The van der Waals surface area contributed by atoms with Crippen molar-refractivity contribution in [3.05, 3.63) is 39.4 Å². The van der Waals surface area contributed by atoms with Crippen LogP contribution in [0.2, 0.25) is 0 Å². The minimum Gasteiger partial charge on any atom is -0.394 e. The van der Waals surface area contributed by atoms with Crippen molar-refractivity contribution in [2.45, 2.75) is 25.8 Å². The van der Waals surface area contributed by atoms with Gasteiger partial charge < -0.3 is 10.0 Å². The number of benzene rings is 1. The van der Waals surface area contributed by atoms with Crippen LogP contribution in [0.25, 0.3) is 0 Å². The smallest absolute Gasteiger partial charge is 0.272 e. The molecule has 0 radical (unpaired) electrons. The second-order valence-electron chi connectivity index (χ2n) is 4.74. The predicted octanol–water partition coefficient (Wildman–Crippen LogP) is 1.50. The highest BCUT2D eigenvalue weighted by molar-refractivity contribution is 5.95. The number of likely N-dealkylation sites (tertiary alicyclic amines) is 1. The van der Waals surface area contributed by atoms with E-state index in [2.05, 4.69) is 0 Å². The van der Waals surface area contributed by atoms with E-state index in [9.17, 15) is 20.0 Å². The van der Waals surface area contributed by atoms with Crippen molar-refractivity contribution < 1.29 is 14.8 Å². The molecule has 1 aliphatic rings. The van der Waals surface area contributed by atoms with E-state index < -0.39 is 4.92 Å². The molecule has 2 rings (SSSR count). The van der Waals surface area contributed by atoms with Gasteiger partial charge in [0.1, 0.15) is 0 Å². The average molecular weight is 264 g/mol. The molecule has 1 saturated heterocycles. The maximum atomic E-state index is 12.3. The summed E-state index contributed by atoms with van der Waals surface area (Å²) in [5.41, 5.74) is 0.913. The molecule has 1 aliphatic heterocycles. The zero-order valence-corrected chi connectivity index (χ0v) is 10.7. The fourth-order valence-corrected chi connectivity index (χ4v) is 2.45. The predicted molar refractivity (Wildman–Crippen MR) is 69.0 cm³/mol. The first-order valence-electron chi connectivity index (χ1n) is 6.21. The van der Waals surface area contributed by atoms with Crippen molar-refractivity contribution in [3.8, 4) is 0 Å². The number of nitro groups is 1. The van der Waals surface area contributed by atoms with Crippen LogP contribution >= 0.6 is 0 Å². The molecule has 0 saturated carbocycles. The number of aliphatic hydroxyl groups is 1. The summed E-state index contributed by atoms with van der Waals surface area (Å²) in [4.78, 5) is 24.2. The van der Waals surface area contributed by atoms with Gasteiger partial charge in [-0.25, -0.2) is 0 Å². The summed E-state index contributed by atoms with van der Waals surface area (Å²) in [5, 5.41) is 20.0. The molecule has 0 unspecified atom stereocenters. The summed E-state index contributed by atoms with van der Waals surface area (Å²) in [7, 11) is 0. The Labute approximate surface area is 110 Å². The third kappa shape index (κ3) is 2.58. The van der Waals surface area contributed by atoms with E-state index in [1.54, 1.807) is 11.8 Å². The maximum absolute atomic E-state index is 12.3. The zero-order valence-electron chi connectivity index (χ0n) is 10.7. The van der Waals surface area contributed by atoms with Gasteiger partial charge in [0.25, 0.3) is 11.6 Å². The molecule has 19 heavy (non-hydrogen) atoms. The molecule has 0 bridgehead atoms. The van der Waals surface area contributed by atoms with Crippen molar-refractivity contribution in [2.75, 3.05) is 13.2 Å². The number of nitrogens with zero attached hydrogens (tertiary/aromatic N) is 2. The number of rotatable bonds is 3. The Bertz CT molecular complexity index is 515. The van der Waals surface area contributed by atoms with Gasteiger partial charge in [-0.1, -0.05) is 0 Å². The molecule has 1 heterocycles. The van der Waals surface area contributed by atoms with E-state index in [1.807, 2.05) is 0 Å². The third-order valence-electron chi connectivity index (χ3n) is 3.49. The molecule has 6 heteroatoms. The van der Waals surface area contributed by atoms with Gasteiger partial charge in [-0.15, -0.1) is 0 Å². The van der Waals surface area contributed by atoms with E-state index in [-0.39, 0.29) is 24.2 Å². The van der Waals surface area contributed by atoms with Crippen molar-refractivity contribution in [1.82, 2.24) is 4.90 Å². The summed E-state index contributed by atoms with van der Waals surface area (Å²) >= 11 is 0. The first-order chi connectivity index (χ1) is 9.04. The topological polar surface area (TPSA) is 83.7 Å². The summed E-state index contributed by atoms with van der Waals surface area (Å²) < 4.78 is 0. The quantitative estimate of drug-likeness (QED) is 0.662. The van der Waals surface area contributed by atoms with Gasteiger partial charge in [0.2, 0.25) is 0 Å². The molecule has 1 fully saturated rings. The number of hydrogen-bond donors (Lipinski definition) is 1. The molecule has 1 amide bonds. The van der Waals surface area contributed by atoms with E-state index in [1.165, 1.54) is 18.2 Å². The summed E-state index contributed by atoms with van der Waals surface area (Å²) in [6.45, 7) is 2.19. The highest BCUT2D eigenvalue weighted by Gasteiger charge is 2.29. The van der Waals surface area contributed by atoms with Crippen LogP contribution in [-0.2, 0) is 0 Å². The van der Waals surface area contributed by atoms with Crippen LogP contribution < -0.4 is 0 Å². The monoisotopic (exact) mass is 264 g/mol. The minimum atomic E-state index is -0.462. The Morgan fingerprint density at radius 3 is 2.89 bits per heavy atom. The molecule has 6 nitrogen and oxygen atoms in total. The Kier molecular flexibility index (Phi) is 3.80. The van der Waals surface area contributed by atoms with Crippen molar-refractivity contribution in [3.63, 3.8) is 0 Å². The lowest BCUT2D eigenvalue weighted by molar-refractivity contribution is -0.385. The first-order valence-corrected chi connectivity index (χ1v) is 6.21. The van der Waals surface area contributed by atoms with Gasteiger partial charge in [-0.3, -0.25) is 14.9 Å². The van der Waals surface area contributed by atoms with Gasteiger partial charge in [0, 0.05) is 23.7 Å². The van der Waals surface area contributed by atoms with Gasteiger partial charge in [-0.05, 0) is 31.9 Å². The number of aliphatic hydroxyl groups excluding tert-OH is 1.